The van der Waals surface area contributed by atoms with Crippen LogP contribution < -0.4 is 0 Å². The Labute approximate surface area is 105 Å². The predicted octanol–water partition coefficient (Wildman–Crippen LogP) is 0.568. The molecule has 1 fully saturated rings. The van der Waals surface area contributed by atoms with Gasteiger partial charge in [0.05, 0.1) is 17.1 Å². The molecule has 1 aliphatic heterocycles. The first-order valence-corrected chi connectivity index (χ1v) is 6.86. The van der Waals surface area contributed by atoms with Gasteiger partial charge in [0.2, 0.25) is 5.91 Å². The lowest BCUT2D eigenvalue weighted by Gasteiger charge is -2.22. The van der Waals surface area contributed by atoms with Crippen LogP contribution in [0, 0.1) is 0 Å². The zero-order chi connectivity index (χ0) is 12.9. The molecule has 1 unspecified atom stereocenters. The summed E-state index contributed by atoms with van der Waals surface area (Å²) in [7, 11) is 0. The Morgan fingerprint density at radius 2 is 2.00 bits per heavy atom. The molecule has 0 aromatic heterocycles. The fourth-order valence-electron chi connectivity index (χ4n) is 1.83. The maximum atomic E-state index is 11.8. The summed E-state index contributed by atoms with van der Waals surface area (Å²) in [5.41, 5.74) is -0.677. The number of carboxylic acids is 1. The molecule has 0 bridgehead atoms. The highest BCUT2D eigenvalue weighted by Gasteiger charge is 2.26. The van der Waals surface area contributed by atoms with Crippen molar-refractivity contribution in [2.75, 3.05) is 24.6 Å². The average molecular weight is 261 g/mol. The molecule has 0 aromatic rings. The van der Waals surface area contributed by atoms with Gasteiger partial charge < -0.3 is 15.1 Å². The number of thioether (sulfide) groups is 1. The van der Waals surface area contributed by atoms with Gasteiger partial charge in [-0.05, 0) is 26.2 Å². The molecule has 1 amide bonds. The molecule has 0 radical (unpaired) electrons. The van der Waals surface area contributed by atoms with Gasteiger partial charge in [-0.2, -0.15) is 0 Å². The molecule has 17 heavy (non-hydrogen) atoms. The Morgan fingerprint density at radius 3 is 2.65 bits per heavy atom. The maximum Gasteiger partial charge on any atom is 0.313 e. The zero-order valence-corrected chi connectivity index (χ0v) is 10.8. The van der Waals surface area contributed by atoms with E-state index in [0.717, 1.165) is 18.2 Å². The van der Waals surface area contributed by atoms with E-state index in [0.29, 0.717) is 25.9 Å². The van der Waals surface area contributed by atoms with E-state index in [1.807, 2.05) is 0 Å². The van der Waals surface area contributed by atoms with Crippen molar-refractivity contribution in [3.05, 3.63) is 0 Å². The summed E-state index contributed by atoms with van der Waals surface area (Å²) in [6.07, 6.45) is 2.09. The van der Waals surface area contributed by atoms with Gasteiger partial charge in [0.1, 0.15) is 0 Å². The Morgan fingerprint density at radius 1 is 1.29 bits per heavy atom. The Balaban J connectivity index is 2.34. The van der Waals surface area contributed by atoms with E-state index in [1.54, 1.807) is 11.8 Å². The monoisotopic (exact) mass is 261 g/mol. The van der Waals surface area contributed by atoms with E-state index in [2.05, 4.69) is 0 Å². The molecule has 98 valence electrons. The lowest BCUT2D eigenvalue weighted by Crippen LogP contribution is -2.34. The third-order valence-corrected chi connectivity index (χ3v) is 3.77. The van der Waals surface area contributed by atoms with Gasteiger partial charge in [-0.1, -0.05) is 0 Å². The maximum absolute atomic E-state index is 11.8. The van der Waals surface area contributed by atoms with Crippen LogP contribution in [-0.2, 0) is 9.59 Å². The highest BCUT2D eigenvalue weighted by Crippen LogP contribution is 2.21. The summed E-state index contributed by atoms with van der Waals surface area (Å²) >= 11 is 1.12. The Bertz CT molecular complexity index is 293. The van der Waals surface area contributed by atoms with E-state index in [1.165, 1.54) is 0 Å². The first-order valence-electron chi connectivity index (χ1n) is 5.70. The number of rotatable bonds is 4. The predicted molar refractivity (Wildman–Crippen MR) is 66.0 cm³/mol. The summed E-state index contributed by atoms with van der Waals surface area (Å²) in [5.74, 6) is -0.776. The molecule has 1 rings (SSSR count). The number of hydrogen-bond donors (Lipinski definition) is 2. The van der Waals surface area contributed by atoms with Gasteiger partial charge in [0.15, 0.2) is 0 Å². The second-order valence-corrected chi connectivity index (χ2v) is 5.60. The average Bonchev–Trinajstić information content (AvgIpc) is 2.38. The minimum absolute atomic E-state index is 0.0334. The van der Waals surface area contributed by atoms with Gasteiger partial charge in [-0.25, -0.2) is 0 Å². The molecule has 0 aliphatic carbocycles. The number of likely N-dealkylation sites (tertiary alicyclic amines) is 1. The van der Waals surface area contributed by atoms with Crippen molar-refractivity contribution in [1.82, 2.24) is 4.90 Å². The standard InChI is InChI=1S/C11H19NO4S/c1-11(16)3-2-5-12(6-4-11)9(13)7-17-8-10(14)15/h16H,2-8H2,1H3,(H,14,15). The summed E-state index contributed by atoms with van der Waals surface area (Å²) in [5, 5.41) is 18.4. The third-order valence-electron chi connectivity index (χ3n) is 2.87. The van der Waals surface area contributed by atoms with Gasteiger partial charge >= 0.3 is 5.97 Å². The number of hydrogen-bond acceptors (Lipinski definition) is 4. The molecule has 6 heteroatoms. The summed E-state index contributed by atoms with van der Waals surface area (Å²) in [6, 6.07) is 0. The highest BCUT2D eigenvalue weighted by atomic mass is 32.2. The van der Waals surface area contributed by atoms with Crippen LogP contribution in [-0.4, -0.2) is 57.2 Å². The van der Waals surface area contributed by atoms with E-state index < -0.39 is 11.6 Å². The van der Waals surface area contributed by atoms with Crippen LogP contribution in [0.2, 0.25) is 0 Å². The van der Waals surface area contributed by atoms with Crippen molar-refractivity contribution in [3.8, 4) is 0 Å². The second kappa shape index (κ2) is 6.26. The minimum atomic E-state index is -0.901. The van der Waals surface area contributed by atoms with E-state index in [9.17, 15) is 14.7 Å². The van der Waals surface area contributed by atoms with Gasteiger partial charge in [-0.3, -0.25) is 9.59 Å². The molecule has 0 spiro atoms. The molecule has 1 aliphatic rings. The third kappa shape index (κ3) is 5.41. The quantitative estimate of drug-likeness (QED) is 0.773. The van der Waals surface area contributed by atoms with Crippen LogP contribution in [0.3, 0.4) is 0 Å². The lowest BCUT2D eigenvalue weighted by molar-refractivity contribution is -0.133. The number of aliphatic carboxylic acids is 1. The first-order chi connectivity index (χ1) is 7.91. The van der Waals surface area contributed by atoms with Crippen LogP contribution in [0.25, 0.3) is 0 Å². The normalized spacial score (nSPS) is 25.4. The lowest BCUT2D eigenvalue weighted by atomic mass is 9.98. The molecular formula is C11H19NO4S. The second-order valence-electron chi connectivity index (χ2n) is 4.62. The van der Waals surface area contributed by atoms with Crippen LogP contribution in [0.1, 0.15) is 26.2 Å². The van der Waals surface area contributed by atoms with Gasteiger partial charge in [0, 0.05) is 13.1 Å². The fourth-order valence-corrected chi connectivity index (χ4v) is 2.46. The molecule has 0 saturated carbocycles. The van der Waals surface area contributed by atoms with Crippen molar-refractivity contribution in [2.45, 2.75) is 31.8 Å². The number of carbonyl (C=O) groups is 2. The fraction of sp³-hybridized carbons (Fsp3) is 0.818. The van der Waals surface area contributed by atoms with Crippen molar-refractivity contribution in [3.63, 3.8) is 0 Å². The highest BCUT2D eigenvalue weighted by molar-refractivity contribution is 8.00. The van der Waals surface area contributed by atoms with E-state index >= 15 is 0 Å². The number of carboxylic acid groups (broad SMARTS) is 1. The Hall–Kier alpha value is -0.750. The van der Waals surface area contributed by atoms with Crippen LogP contribution in [0.15, 0.2) is 0 Å². The molecule has 1 heterocycles. The van der Waals surface area contributed by atoms with Crippen molar-refractivity contribution < 1.29 is 19.8 Å². The number of aliphatic hydroxyl groups is 1. The van der Waals surface area contributed by atoms with E-state index in [-0.39, 0.29) is 17.4 Å². The van der Waals surface area contributed by atoms with Gasteiger partial charge in [-0.15, -0.1) is 11.8 Å². The van der Waals surface area contributed by atoms with Crippen molar-refractivity contribution in [1.29, 1.82) is 0 Å². The summed E-state index contributed by atoms with van der Waals surface area (Å²) in [4.78, 5) is 23.8. The number of carbonyl (C=O) groups excluding carboxylic acids is 1. The smallest absolute Gasteiger partial charge is 0.313 e. The topological polar surface area (TPSA) is 77.8 Å². The minimum Gasteiger partial charge on any atom is -0.481 e. The van der Waals surface area contributed by atoms with Gasteiger partial charge in [0.25, 0.3) is 0 Å². The van der Waals surface area contributed by atoms with Crippen LogP contribution in [0.5, 0.6) is 0 Å². The van der Waals surface area contributed by atoms with Crippen molar-refractivity contribution >= 4 is 23.6 Å². The molecule has 2 N–H and O–H groups in total. The molecular weight excluding hydrogens is 242 g/mol. The molecule has 1 atom stereocenters. The number of amides is 1. The van der Waals surface area contributed by atoms with Crippen LogP contribution >= 0.6 is 11.8 Å². The molecule has 0 aromatic carbocycles. The molecule has 5 nitrogen and oxygen atoms in total. The van der Waals surface area contributed by atoms with E-state index in [4.69, 9.17) is 5.11 Å². The van der Waals surface area contributed by atoms with Crippen molar-refractivity contribution in [2.24, 2.45) is 0 Å². The SMILES string of the molecule is CC1(O)CCCN(C(=O)CSCC(=O)O)CC1. The number of nitrogens with zero attached hydrogens (tertiary/aromatic N) is 1. The Kier molecular flexibility index (Phi) is 5.27. The largest absolute Gasteiger partial charge is 0.481 e. The molecule has 1 saturated heterocycles. The summed E-state index contributed by atoms with van der Waals surface area (Å²) in [6.45, 7) is 3.00. The first kappa shape index (κ1) is 14.3. The zero-order valence-electron chi connectivity index (χ0n) is 10.0. The summed E-state index contributed by atoms with van der Waals surface area (Å²) < 4.78 is 0. The van der Waals surface area contributed by atoms with Crippen LogP contribution in [0.4, 0.5) is 0 Å².